The Bertz CT molecular complexity index is 440. The SMILES string of the molecule is Fc1cc(Cl)cc2c(Br)cnn12. The molecule has 0 bridgehead atoms. The van der Waals surface area contributed by atoms with Crippen molar-refractivity contribution in [1.29, 1.82) is 0 Å². The molecule has 2 rings (SSSR count). The van der Waals surface area contributed by atoms with Crippen LogP contribution >= 0.6 is 27.5 Å². The van der Waals surface area contributed by atoms with E-state index in [1.54, 1.807) is 6.07 Å². The van der Waals surface area contributed by atoms with Crippen LogP contribution in [0.15, 0.2) is 22.8 Å². The van der Waals surface area contributed by atoms with Gasteiger partial charge in [-0.2, -0.15) is 9.49 Å². The minimum atomic E-state index is -0.469. The molecule has 62 valence electrons. The third kappa shape index (κ3) is 1.11. The Morgan fingerprint density at radius 1 is 1.50 bits per heavy atom. The molecule has 0 aliphatic heterocycles. The molecule has 0 aliphatic rings. The molecule has 2 aromatic rings. The summed E-state index contributed by atoms with van der Waals surface area (Å²) in [4.78, 5) is 0. The Morgan fingerprint density at radius 2 is 2.25 bits per heavy atom. The van der Waals surface area contributed by atoms with Crippen molar-refractivity contribution < 1.29 is 4.39 Å². The molecule has 2 aromatic heterocycles. The first-order valence-electron chi connectivity index (χ1n) is 3.17. The summed E-state index contributed by atoms with van der Waals surface area (Å²) in [7, 11) is 0. The van der Waals surface area contributed by atoms with E-state index in [2.05, 4.69) is 21.0 Å². The molecule has 0 spiro atoms. The molecule has 0 saturated carbocycles. The predicted molar refractivity (Wildman–Crippen MR) is 47.9 cm³/mol. The Hall–Kier alpha value is -0.610. The zero-order chi connectivity index (χ0) is 8.72. The van der Waals surface area contributed by atoms with Gasteiger partial charge in [0.1, 0.15) is 0 Å². The van der Waals surface area contributed by atoms with Crippen LogP contribution in [-0.2, 0) is 0 Å². The second-order valence-electron chi connectivity index (χ2n) is 2.29. The molecule has 0 N–H and O–H groups in total. The molecule has 2 heterocycles. The highest BCUT2D eigenvalue weighted by Gasteiger charge is 2.06. The van der Waals surface area contributed by atoms with Gasteiger partial charge in [-0.15, -0.1) is 0 Å². The van der Waals surface area contributed by atoms with Crippen molar-refractivity contribution in [2.24, 2.45) is 0 Å². The topological polar surface area (TPSA) is 17.3 Å². The van der Waals surface area contributed by atoms with Crippen LogP contribution in [0.5, 0.6) is 0 Å². The van der Waals surface area contributed by atoms with Gasteiger partial charge in [-0.1, -0.05) is 11.6 Å². The maximum atomic E-state index is 13.1. The lowest BCUT2D eigenvalue weighted by Gasteiger charge is -1.96. The molecular weight excluding hydrogens is 246 g/mol. The number of fused-ring (bicyclic) bond motifs is 1. The van der Waals surface area contributed by atoms with Gasteiger partial charge in [-0.25, -0.2) is 4.52 Å². The van der Waals surface area contributed by atoms with E-state index in [1.165, 1.54) is 16.8 Å². The fourth-order valence-electron chi connectivity index (χ4n) is 0.985. The minimum absolute atomic E-state index is 0.362. The minimum Gasteiger partial charge on any atom is -0.205 e. The Kier molecular flexibility index (Phi) is 1.81. The highest BCUT2D eigenvalue weighted by atomic mass is 79.9. The summed E-state index contributed by atoms with van der Waals surface area (Å²) in [6.07, 6.45) is 1.52. The number of hydrogen-bond donors (Lipinski definition) is 0. The van der Waals surface area contributed by atoms with Crippen molar-refractivity contribution in [2.75, 3.05) is 0 Å². The number of nitrogens with zero attached hydrogens (tertiary/aromatic N) is 2. The third-order valence-electron chi connectivity index (χ3n) is 1.49. The highest BCUT2D eigenvalue weighted by Crippen LogP contribution is 2.21. The van der Waals surface area contributed by atoms with E-state index in [-0.39, 0.29) is 0 Å². The van der Waals surface area contributed by atoms with Gasteiger partial charge >= 0.3 is 0 Å². The number of rotatable bonds is 0. The Morgan fingerprint density at radius 3 is 3.00 bits per heavy atom. The van der Waals surface area contributed by atoms with E-state index in [1.807, 2.05) is 0 Å². The van der Waals surface area contributed by atoms with Crippen molar-refractivity contribution in [3.05, 3.63) is 33.8 Å². The van der Waals surface area contributed by atoms with E-state index in [0.717, 1.165) is 4.47 Å². The molecule has 0 radical (unpaired) electrons. The lowest BCUT2D eigenvalue weighted by molar-refractivity contribution is 0.545. The normalized spacial score (nSPS) is 10.9. The lowest BCUT2D eigenvalue weighted by atomic mass is 10.4. The Labute approximate surface area is 81.1 Å². The van der Waals surface area contributed by atoms with Gasteiger partial charge in [0.25, 0.3) is 0 Å². The fraction of sp³-hybridized carbons (Fsp3) is 0. The van der Waals surface area contributed by atoms with E-state index < -0.39 is 5.95 Å². The van der Waals surface area contributed by atoms with Crippen molar-refractivity contribution in [2.45, 2.75) is 0 Å². The van der Waals surface area contributed by atoms with Crippen LogP contribution in [0.4, 0.5) is 4.39 Å². The maximum absolute atomic E-state index is 13.1. The molecule has 0 aliphatic carbocycles. The van der Waals surface area contributed by atoms with Crippen molar-refractivity contribution in [3.8, 4) is 0 Å². The molecular formula is C7H3BrClFN2. The summed E-state index contributed by atoms with van der Waals surface area (Å²) in [5, 5.41) is 4.16. The summed E-state index contributed by atoms with van der Waals surface area (Å²) in [5.41, 5.74) is 0.625. The van der Waals surface area contributed by atoms with Gasteiger partial charge in [0.2, 0.25) is 5.95 Å². The first-order chi connectivity index (χ1) is 5.68. The van der Waals surface area contributed by atoms with Crippen LogP contribution in [0.2, 0.25) is 5.02 Å². The van der Waals surface area contributed by atoms with Crippen LogP contribution in [0, 0.1) is 5.95 Å². The summed E-state index contributed by atoms with van der Waals surface area (Å²) in [6, 6.07) is 2.86. The summed E-state index contributed by atoms with van der Waals surface area (Å²) in [5.74, 6) is -0.469. The molecule has 0 aromatic carbocycles. The first-order valence-corrected chi connectivity index (χ1v) is 4.34. The number of pyridine rings is 1. The lowest BCUT2D eigenvalue weighted by Crippen LogP contribution is -1.92. The largest absolute Gasteiger partial charge is 0.216 e. The van der Waals surface area contributed by atoms with Crippen LogP contribution in [0.1, 0.15) is 0 Å². The van der Waals surface area contributed by atoms with Gasteiger partial charge in [-0.05, 0) is 22.0 Å². The average Bonchev–Trinajstić information content (AvgIpc) is 2.33. The van der Waals surface area contributed by atoms with E-state index in [9.17, 15) is 4.39 Å². The van der Waals surface area contributed by atoms with E-state index in [0.29, 0.717) is 10.5 Å². The monoisotopic (exact) mass is 248 g/mol. The number of halogens is 3. The van der Waals surface area contributed by atoms with Gasteiger partial charge in [0.15, 0.2) is 0 Å². The van der Waals surface area contributed by atoms with Crippen molar-refractivity contribution >= 4 is 33.0 Å². The van der Waals surface area contributed by atoms with E-state index >= 15 is 0 Å². The second-order valence-corrected chi connectivity index (χ2v) is 3.58. The predicted octanol–water partition coefficient (Wildman–Crippen LogP) is 2.89. The molecule has 0 amide bonds. The molecule has 12 heavy (non-hydrogen) atoms. The molecule has 0 unspecified atom stereocenters. The molecule has 2 nitrogen and oxygen atoms in total. The average molecular weight is 249 g/mol. The number of hydrogen-bond acceptors (Lipinski definition) is 1. The second kappa shape index (κ2) is 2.71. The quantitative estimate of drug-likeness (QED) is 0.656. The van der Waals surface area contributed by atoms with Gasteiger partial charge in [0.05, 0.1) is 16.2 Å². The standard InChI is InChI=1S/C7H3BrClFN2/c8-5-3-11-12-6(5)1-4(9)2-7(12)10/h1-3H. The van der Waals surface area contributed by atoms with Crippen molar-refractivity contribution in [3.63, 3.8) is 0 Å². The zero-order valence-corrected chi connectivity index (χ0v) is 8.10. The van der Waals surface area contributed by atoms with Crippen LogP contribution in [-0.4, -0.2) is 9.61 Å². The maximum Gasteiger partial charge on any atom is 0.216 e. The summed E-state index contributed by atoms with van der Waals surface area (Å²) < 4.78 is 15.0. The van der Waals surface area contributed by atoms with Gasteiger partial charge < -0.3 is 0 Å². The van der Waals surface area contributed by atoms with Crippen molar-refractivity contribution in [1.82, 2.24) is 9.61 Å². The molecule has 5 heteroatoms. The fourth-order valence-corrected chi connectivity index (χ4v) is 1.55. The van der Waals surface area contributed by atoms with E-state index in [4.69, 9.17) is 11.6 Å². The smallest absolute Gasteiger partial charge is 0.205 e. The van der Waals surface area contributed by atoms with Gasteiger partial charge in [-0.3, -0.25) is 0 Å². The zero-order valence-electron chi connectivity index (χ0n) is 5.76. The summed E-state index contributed by atoms with van der Waals surface area (Å²) in [6.45, 7) is 0. The van der Waals surface area contributed by atoms with Crippen LogP contribution in [0.25, 0.3) is 5.52 Å². The molecule has 0 fully saturated rings. The molecule has 0 atom stereocenters. The third-order valence-corrected chi connectivity index (χ3v) is 2.32. The first kappa shape index (κ1) is 8.01. The Balaban J connectivity index is 2.92. The number of aromatic nitrogens is 2. The summed E-state index contributed by atoms with van der Waals surface area (Å²) >= 11 is 8.88. The highest BCUT2D eigenvalue weighted by molar-refractivity contribution is 9.10. The van der Waals surface area contributed by atoms with Crippen LogP contribution < -0.4 is 0 Å². The molecule has 0 saturated heterocycles. The van der Waals surface area contributed by atoms with Gasteiger partial charge in [0, 0.05) is 11.1 Å². The van der Waals surface area contributed by atoms with Crippen LogP contribution in [0.3, 0.4) is 0 Å².